The first kappa shape index (κ1) is 17.6. The van der Waals surface area contributed by atoms with E-state index in [0.29, 0.717) is 24.8 Å². The number of H-pyrrole nitrogens is 1. The van der Waals surface area contributed by atoms with Gasteiger partial charge in [-0.25, -0.2) is 4.79 Å². The molecule has 2 rings (SSSR count). The summed E-state index contributed by atoms with van der Waals surface area (Å²) in [5.74, 6) is 0.0161. The summed E-state index contributed by atoms with van der Waals surface area (Å²) in [5.41, 5.74) is -1.98. The Kier molecular flexibility index (Phi) is 5.18. The molecule has 0 saturated carbocycles. The lowest BCUT2D eigenvalue weighted by molar-refractivity contribution is -0.127. The van der Waals surface area contributed by atoms with Crippen molar-refractivity contribution in [1.82, 2.24) is 9.55 Å². The van der Waals surface area contributed by atoms with E-state index in [9.17, 15) is 24.6 Å². The monoisotopic (exact) mass is 326 g/mol. The summed E-state index contributed by atoms with van der Waals surface area (Å²) in [5, 5.41) is 19.4. The number of carbonyl (C=O) groups excluding carboxylic acids is 1. The summed E-state index contributed by atoms with van der Waals surface area (Å²) in [6.45, 7) is 2.66. The van der Waals surface area contributed by atoms with E-state index in [1.54, 1.807) is 6.92 Å². The molecule has 1 fully saturated rings. The third kappa shape index (κ3) is 3.60. The van der Waals surface area contributed by atoms with E-state index in [1.807, 2.05) is 0 Å². The molecule has 0 aromatic carbocycles. The van der Waals surface area contributed by atoms with E-state index in [0.717, 1.165) is 0 Å². The molecule has 3 atom stereocenters. The predicted octanol–water partition coefficient (Wildman–Crippen LogP) is -0.601. The molecule has 0 radical (unpaired) electrons. The van der Waals surface area contributed by atoms with Crippen LogP contribution < -0.4 is 11.2 Å². The van der Waals surface area contributed by atoms with Gasteiger partial charge in [-0.2, -0.15) is 0 Å². The molecule has 0 bridgehead atoms. The van der Waals surface area contributed by atoms with Crippen molar-refractivity contribution in [2.24, 2.45) is 0 Å². The number of Topliss-reactive ketones (excluding diaryl/α,β-unsaturated/α-hetero) is 1. The van der Waals surface area contributed by atoms with Crippen LogP contribution in [0.1, 0.15) is 38.2 Å². The Balaban J connectivity index is 2.42. The van der Waals surface area contributed by atoms with Gasteiger partial charge in [-0.1, -0.05) is 0 Å². The number of nitrogens with one attached hydrogen (secondary N) is 1. The molecule has 0 spiro atoms. The Labute approximate surface area is 132 Å². The van der Waals surface area contributed by atoms with Crippen LogP contribution >= 0.6 is 0 Å². The minimum absolute atomic E-state index is 0.0161. The van der Waals surface area contributed by atoms with Crippen molar-refractivity contribution in [3.8, 4) is 0 Å². The molecular formula is C15H22N2O6. The van der Waals surface area contributed by atoms with Crippen LogP contribution in [0, 0.1) is 6.92 Å². The fraction of sp³-hybridized carbons (Fsp3) is 0.667. The number of rotatable bonds is 6. The molecule has 1 aromatic heterocycles. The van der Waals surface area contributed by atoms with E-state index in [-0.39, 0.29) is 18.8 Å². The van der Waals surface area contributed by atoms with Crippen molar-refractivity contribution >= 4 is 5.78 Å². The molecule has 23 heavy (non-hydrogen) atoms. The van der Waals surface area contributed by atoms with Crippen LogP contribution in [0.5, 0.6) is 0 Å². The van der Waals surface area contributed by atoms with Crippen molar-refractivity contribution < 1.29 is 19.7 Å². The van der Waals surface area contributed by atoms with Gasteiger partial charge >= 0.3 is 5.69 Å². The third-order valence-electron chi connectivity index (χ3n) is 4.16. The average molecular weight is 326 g/mol. The first-order chi connectivity index (χ1) is 10.8. The van der Waals surface area contributed by atoms with Crippen LogP contribution in [0.25, 0.3) is 0 Å². The van der Waals surface area contributed by atoms with Crippen LogP contribution in [0.4, 0.5) is 0 Å². The Morgan fingerprint density at radius 2 is 2.22 bits per heavy atom. The van der Waals surface area contributed by atoms with Crippen LogP contribution in [0.3, 0.4) is 0 Å². The van der Waals surface area contributed by atoms with Gasteiger partial charge in [-0.3, -0.25) is 14.3 Å². The van der Waals surface area contributed by atoms with Crippen LogP contribution in [-0.2, 0) is 15.3 Å². The summed E-state index contributed by atoms with van der Waals surface area (Å²) in [6, 6.07) is 0. The number of aromatic nitrogens is 2. The fourth-order valence-electron chi connectivity index (χ4n) is 2.95. The lowest BCUT2D eigenvalue weighted by Crippen LogP contribution is -2.45. The molecule has 0 amide bonds. The number of aliphatic hydroxyl groups excluding tert-OH is 2. The zero-order valence-corrected chi connectivity index (χ0v) is 13.2. The second-order valence-corrected chi connectivity index (χ2v) is 6.05. The zero-order chi connectivity index (χ0) is 17.2. The Morgan fingerprint density at radius 1 is 1.52 bits per heavy atom. The summed E-state index contributed by atoms with van der Waals surface area (Å²) in [4.78, 5) is 37.1. The maximum Gasteiger partial charge on any atom is 0.330 e. The van der Waals surface area contributed by atoms with Gasteiger partial charge in [0, 0.05) is 24.6 Å². The second kappa shape index (κ2) is 6.77. The number of hydrogen-bond acceptors (Lipinski definition) is 6. The van der Waals surface area contributed by atoms with Gasteiger partial charge in [0.2, 0.25) is 0 Å². The third-order valence-corrected chi connectivity index (χ3v) is 4.16. The first-order valence-electron chi connectivity index (χ1n) is 7.58. The molecule has 1 aliphatic heterocycles. The number of ketones is 1. The number of nitrogens with zero attached hydrogens (tertiary/aromatic N) is 1. The SMILES string of the molecule is CC(=O)CCC[C@]1(n2cc(C)c(=O)[nH]c2=O)C[C@H](O)[C@@H](CO)O1. The van der Waals surface area contributed by atoms with Crippen LogP contribution in [0.2, 0.25) is 0 Å². The molecule has 0 aliphatic carbocycles. The normalized spacial score (nSPS) is 27.3. The molecule has 1 saturated heterocycles. The smallest absolute Gasteiger partial charge is 0.330 e. The maximum absolute atomic E-state index is 12.2. The van der Waals surface area contributed by atoms with Crippen molar-refractivity contribution in [3.63, 3.8) is 0 Å². The van der Waals surface area contributed by atoms with Crippen molar-refractivity contribution in [2.45, 2.75) is 57.5 Å². The number of hydrogen-bond donors (Lipinski definition) is 3. The Hall–Kier alpha value is -1.77. The summed E-state index contributed by atoms with van der Waals surface area (Å²) in [7, 11) is 0. The highest BCUT2D eigenvalue weighted by Crippen LogP contribution is 2.38. The van der Waals surface area contributed by atoms with E-state index >= 15 is 0 Å². The minimum Gasteiger partial charge on any atom is -0.394 e. The summed E-state index contributed by atoms with van der Waals surface area (Å²) in [6.07, 6.45) is 0.837. The van der Waals surface area contributed by atoms with Crippen molar-refractivity contribution in [2.75, 3.05) is 6.61 Å². The number of ether oxygens (including phenoxy) is 1. The Bertz CT molecular complexity index is 694. The first-order valence-corrected chi connectivity index (χ1v) is 7.58. The lowest BCUT2D eigenvalue weighted by atomic mass is 9.99. The number of aryl methyl sites for hydroxylation is 1. The van der Waals surface area contributed by atoms with E-state index in [1.165, 1.54) is 17.7 Å². The number of aromatic amines is 1. The molecule has 8 heteroatoms. The number of carbonyl (C=O) groups is 1. The summed E-state index contributed by atoms with van der Waals surface area (Å²) < 4.78 is 7.04. The zero-order valence-electron chi connectivity index (χ0n) is 13.2. The van der Waals surface area contributed by atoms with Gasteiger partial charge < -0.3 is 19.7 Å². The fourth-order valence-corrected chi connectivity index (χ4v) is 2.95. The van der Waals surface area contributed by atoms with Gasteiger partial charge in [0.05, 0.1) is 12.7 Å². The van der Waals surface area contributed by atoms with Gasteiger partial charge in [0.1, 0.15) is 11.9 Å². The van der Waals surface area contributed by atoms with Crippen molar-refractivity contribution in [1.29, 1.82) is 0 Å². The molecular weight excluding hydrogens is 304 g/mol. The lowest BCUT2D eigenvalue weighted by Gasteiger charge is -2.31. The second-order valence-electron chi connectivity index (χ2n) is 6.05. The maximum atomic E-state index is 12.2. The largest absolute Gasteiger partial charge is 0.394 e. The van der Waals surface area contributed by atoms with Gasteiger partial charge in [-0.15, -0.1) is 0 Å². The van der Waals surface area contributed by atoms with E-state index in [2.05, 4.69) is 4.98 Å². The quantitative estimate of drug-likeness (QED) is 0.642. The minimum atomic E-state index is -1.19. The van der Waals surface area contributed by atoms with Crippen LogP contribution in [-0.4, -0.2) is 44.4 Å². The van der Waals surface area contributed by atoms with Crippen LogP contribution in [0.15, 0.2) is 15.8 Å². The van der Waals surface area contributed by atoms with Gasteiger partial charge in [0.15, 0.2) is 5.72 Å². The average Bonchev–Trinajstić information content (AvgIpc) is 2.79. The standard InChI is InChI=1S/C15H22N2O6/c1-9-7-17(14(22)16-13(9)21)15(5-3-4-10(2)19)6-11(20)12(8-18)23-15/h7,11-12,18,20H,3-6,8H2,1-2H3,(H,16,21,22)/t11-,12+,15+/m0/s1. The van der Waals surface area contributed by atoms with Crippen molar-refractivity contribution in [3.05, 3.63) is 32.6 Å². The molecule has 0 unspecified atom stereocenters. The highest BCUT2D eigenvalue weighted by Gasteiger charge is 2.47. The highest BCUT2D eigenvalue weighted by molar-refractivity contribution is 5.75. The highest BCUT2D eigenvalue weighted by atomic mass is 16.6. The topological polar surface area (TPSA) is 122 Å². The molecule has 128 valence electrons. The van der Waals surface area contributed by atoms with E-state index < -0.39 is 29.2 Å². The van der Waals surface area contributed by atoms with Gasteiger partial charge in [-0.05, 0) is 26.7 Å². The van der Waals surface area contributed by atoms with E-state index in [4.69, 9.17) is 4.74 Å². The Morgan fingerprint density at radius 3 is 2.78 bits per heavy atom. The predicted molar refractivity (Wildman–Crippen MR) is 81.1 cm³/mol. The summed E-state index contributed by atoms with van der Waals surface area (Å²) >= 11 is 0. The molecule has 8 nitrogen and oxygen atoms in total. The molecule has 1 aromatic rings. The molecule has 1 aliphatic rings. The number of aliphatic hydroxyl groups is 2. The van der Waals surface area contributed by atoms with Gasteiger partial charge in [0.25, 0.3) is 5.56 Å². The molecule has 2 heterocycles. The molecule has 3 N–H and O–H groups in total.